The monoisotopic (exact) mass is 264 g/mol. The van der Waals surface area contributed by atoms with Crippen molar-refractivity contribution in [3.63, 3.8) is 0 Å². The van der Waals surface area contributed by atoms with Gasteiger partial charge in [-0.2, -0.15) is 0 Å². The van der Waals surface area contributed by atoms with Crippen LogP contribution in [0, 0.1) is 0 Å². The van der Waals surface area contributed by atoms with E-state index in [2.05, 4.69) is 0 Å². The summed E-state index contributed by atoms with van der Waals surface area (Å²) in [7, 11) is 0. The van der Waals surface area contributed by atoms with E-state index in [1.807, 2.05) is 45.0 Å². The molecular weight excluding hydrogens is 240 g/mol. The highest BCUT2D eigenvalue weighted by atomic mass is 16.5. The highest BCUT2D eigenvalue weighted by Gasteiger charge is 2.09. The fraction of sp³-hybridized carbons (Fsp3) is 0.533. The van der Waals surface area contributed by atoms with Crippen LogP contribution < -0.4 is 10.5 Å². The standard InChI is InChI=1S/C15H24N2O2/c1-4-17(5-2)15(18)11-19-14-8-6-13(7-9-14)10-12(3)16/h6-9,12H,4-5,10-11,16H2,1-3H3. The maximum atomic E-state index is 11.8. The van der Waals surface area contributed by atoms with E-state index < -0.39 is 0 Å². The van der Waals surface area contributed by atoms with Crippen LogP contribution in [0.2, 0.25) is 0 Å². The molecule has 1 amide bonds. The third-order valence-corrected chi connectivity index (χ3v) is 2.96. The number of likely N-dealkylation sites (N-methyl/N-ethyl adjacent to an activating group) is 1. The molecule has 0 radical (unpaired) electrons. The number of nitrogens with two attached hydrogens (primary N) is 1. The lowest BCUT2D eigenvalue weighted by molar-refractivity contribution is -0.132. The number of carbonyl (C=O) groups is 1. The maximum Gasteiger partial charge on any atom is 0.260 e. The maximum absolute atomic E-state index is 11.8. The molecule has 4 heteroatoms. The summed E-state index contributed by atoms with van der Waals surface area (Å²) < 4.78 is 5.49. The summed E-state index contributed by atoms with van der Waals surface area (Å²) in [5.41, 5.74) is 6.92. The lowest BCUT2D eigenvalue weighted by Gasteiger charge is -2.18. The van der Waals surface area contributed by atoms with Gasteiger partial charge < -0.3 is 15.4 Å². The molecule has 19 heavy (non-hydrogen) atoms. The quantitative estimate of drug-likeness (QED) is 0.817. The summed E-state index contributed by atoms with van der Waals surface area (Å²) in [6, 6.07) is 7.89. The first-order valence-electron chi connectivity index (χ1n) is 6.81. The molecule has 1 aromatic carbocycles. The lowest BCUT2D eigenvalue weighted by Crippen LogP contribution is -2.34. The van der Waals surface area contributed by atoms with Crippen LogP contribution in [-0.4, -0.2) is 36.5 Å². The summed E-state index contributed by atoms with van der Waals surface area (Å²) in [6.45, 7) is 7.42. The SMILES string of the molecule is CCN(CC)C(=O)COc1ccc(CC(C)N)cc1. The van der Waals surface area contributed by atoms with Crippen LogP contribution in [0.1, 0.15) is 26.3 Å². The Morgan fingerprint density at radius 2 is 1.84 bits per heavy atom. The zero-order valence-electron chi connectivity index (χ0n) is 12.1. The fourth-order valence-electron chi connectivity index (χ4n) is 1.91. The van der Waals surface area contributed by atoms with E-state index in [0.29, 0.717) is 18.8 Å². The third kappa shape index (κ3) is 5.30. The van der Waals surface area contributed by atoms with Gasteiger partial charge in [0.2, 0.25) is 0 Å². The Hall–Kier alpha value is -1.55. The van der Waals surface area contributed by atoms with Crippen LogP contribution >= 0.6 is 0 Å². The average molecular weight is 264 g/mol. The number of carbonyl (C=O) groups excluding carboxylic acids is 1. The number of ether oxygens (including phenoxy) is 1. The van der Waals surface area contributed by atoms with Gasteiger partial charge >= 0.3 is 0 Å². The molecule has 1 unspecified atom stereocenters. The molecular formula is C15H24N2O2. The fourth-order valence-corrected chi connectivity index (χ4v) is 1.91. The van der Waals surface area contributed by atoms with Crippen molar-refractivity contribution in [3.05, 3.63) is 29.8 Å². The Morgan fingerprint density at radius 1 is 1.26 bits per heavy atom. The van der Waals surface area contributed by atoms with Crippen molar-refractivity contribution in [2.75, 3.05) is 19.7 Å². The molecule has 0 fully saturated rings. The first kappa shape index (κ1) is 15.5. The molecule has 0 aliphatic rings. The van der Waals surface area contributed by atoms with E-state index in [1.165, 1.54) is 5.56 Å². The predicted molar refractivity (Wildman–Crippen MR) is 77.2 cm³/mol. The van der Waals surface area contributed by atoms with Crippen molar-refractivity contribution >= 4 is 5.91 Å². The van der Waals surface area contributed by atoms with Crippen LogP contribution in [0.5, 0.6) is 5.75 Å². The van der Waals surface area contributed by atoms with Gasteiger partial charge in [0, 0.05) is 19.1 Å². The van der Waals surface area contributed by atoms with Crippen molar-refractivity contribution in [1.82, 2.24) is 4.90 Å². The van der Waals surface area contributed by atoms with E-state index in [9.17, 15) is 4.79 Å². The molecule has 4 nitrogen and oxygen atoms in total. The van der Waals surface area contributed by atoms with Crippen LogP contribution in [0.4, 0.5) is 0 Å². The zero-order valence-corrected chi connectivity index (χ0v) is 12.1. The zero-order chi connectivity index (χ0) is 14.3. The Balaban J connectivity index is 2.47. The van der Waals surface area contributed by atoms with Gasteiger partial charge in [0.1, 0.15) is 5.75 Å². The summed E-state index contributed by atoms with van der Waals surface area (Å²) in [5, 5.41) is 0. The Morgan fingerprint density at radius 3 is 2.32 bits per heavy atom. The molecule has 0 saturated heterocycles. The average Bonchev–Trinajstić information content (AvgIpc) is 2.38. The van der Waals surface area contributed by atoms with Gasteiger partial charge in [-0.3, -0.25) is 4.79 Å². The summed E-state index contributed by atoms with van der Waals surface area (Å²) in [4.78, 5) is 13.5. The van der Waals surface area contributed by atoms with Crippen molar-refractivity contribution in [3.8, 4) is 5.75 Å². The molecule has 1 rings (SSSR count). The first-order valence-corrected chi connectivity index (χ1v) is 6.81. The normalized spacial score (nSPS) is 12.0. The summed E-state index contributed by atoms with van der Waals surface area (Å²) in [6.07, 6.45) is 0.846. The minimum atomic E-state index is 0.0182. The van der Waals surface area contributed by atoms with Gasteiger partial charge in [-0.1, -0.05) is 12.1 Å². The van der Waals surface area contributed by atoms with E-state index in [-0.39, 0.29) is 18.6 Å². The highest BCUT2D eigenvalue weighted by molar-refractivity contribution is 5.77. The first-order chi connectivity index (χ1) is 9.06. The van der Waals surface area contributed by atoms with E-state index in [4.69, 9.17) is 10.5 Å². The molecule has 1 atom stereocenters. The summed E-state index contributed by atoms with van der Waals surface area (Å²) >= 11 is 0. The van der Waals surface area contributed by atoms with Crippen LogP contribution in [0.25, 0.3) is 0 Å². The molecule has 1 aromatic rings. The number of amides is 1. The van der Waals surface area contributed by atoms with Gasteiger partial charge in [-0.05, 0) is 44.9 Å². The predicted octanol–water partition coefficient (Wildman–Crippen LogP) is 1.82. The second-order valence-electron chi connectivity index (χ2n) is 4.68. The van der Waals surface area contributed by atoms with Gasteiger partial charge in [0.25, 0.3) is 5.91 Å². The molecule has 0 aromatic heterocycles. The van der Waals surface area contributed by atoms with Crippen molar-refractivity contribution in [2.24, 2.45) is 5.73 Å². The van der Waals surface area contributed by atoms with Crippen molar-refractivity contribution in [1.29, 1.82) is 0 Å². The van der Waals surface area contributed by atoms with Gasteiger partial charge in [-0.25, -0.2) is 0 Å². The van der Waals surface area contributed by atoms with E-state index in [1.54, 1.807) is 4.90 Å². The Bertz CT molecular complexity index is 384. The van der Waals surface area contributed by atoms with E-state index >= 15 is 0 Å². The van der Waals surface area contributed by atoms with Gasteiger partial charge in [-0.15, -0.1) is 0 Å². The molecule has 0 aliphatic heterocycles. The van der Waals surface area contributed by atoms with E-state index in [0.717, 1.165) is 6.42 Å². The second-order valence-corrected chi connectivity index (χ2v) is 4.68. The largest absolute Gasteiger partial charge is 0.484 e. The number of benzene rings is 1. The number of nitrogens with zero attached hydrogens (tertiary/aromatic N) is 1. The molecule has 0 spiro atoms. The molecule has 106 valence electrons. The van der Waals surface area contributed by atoms with Crippen LogP contribution in [0.15, 0.2) is 24.3 Å². The number of hydrogen-bond donors (Lipinski definition) is 1. The topological polar surface area (TPSA) is 55.6 Å². The van der Waals surface area contributed by atoms with Crippen molar-refractivity contribution in [2.45, 2.75) is 33.2 Å². The number of hydrogen-bond acceptors (Lipinski definition) is 3. The Kier molecular flexibility index (Phi) is 6.36. The smallest absolute Gasteiger partial charge is 0.260 e. The second kappa shape index (κ2) is 7.79. The molecule has 0 bridgehead atoms. The summed E-state index contributed by atoms with van der Waals surface area (Å²) in [5.74, 6) is 0.735. The number of rotatable bonds is 7. The highest BCUT2D eigenvalue weighted by Crippen LogP contribution is 2.13. The minimum Gasteiger partial charge on any atom is -0.484 e. The van der Waals surface area contributed by atoms with Gasteiger partial charge in [0.05, 0.1) is 0 Å². The third-order valence-electron chi connectivity index (χ3n) is 2.96. The van der Waals surface area contributed by atoms with Crippen LogP contribution in [-0.2, 0) is 11.2 Å². The van der Waals surface area contributed by atoms with Crippen LogP contribution in [0.3, 0.4) is 0 Å². The van der Waals surface area contributed by atoms with Gasteiger partial charge in [0.15, 0.2) is 6.61 Å². The molecule has 0 heterocycles. The lowest BCUT2D eigenvalue weighted by atomic mass is 10.1. The minimum absolute atomic E-state index is 0.0182. The molecule has 0 aliphatic carbocycles. The molecule has 0 saturated carbocycles. The Labute approximate surface area is 115 Å². The van der Waals surface area contributed by atoms with Crippen molar-refractivity contribution < 1.29 is 9.53 Å². The molecule has 2 N–H and O–H groups in total.